The fourth-order valence-corrected chi connectivity index (χ4v) is 5.64. The van der Waals surface area contributed by atoms with Crippen LogP contribution < -0.4 is 10.2 Å². The number of fused-ring (bicyclic) bond motifs is 1. The number of rotatable bonds is 7. The van der Waals surface area contributed by atoms with Crippen LogP contribution in [0.15, 0.2) is 18.3 Å². The van der Waals surface area contributed by atoms with E-state index < -0.39 is 6.03 Å². The molecule has 0 saturated carbocycles. The molecule has 0 bridgehead atoms. The molecule has 1 N–H and O–H groups in total. The molecular formula is C29H34N6O5. The minimum atomic E-state index is -0.405. The number of ether oxygens (including phenoxy) is 2. The van der Waals surface area contributed by atoms with Gasteiger partial charge in [-0.15, -0.1) is 0 Å². The first kappa shape index (κ1) is 27.7. The molecule has 2 aromatic rings. The van der Waals surface area contributed by atoms with Gasteiger partial charge < -0.3 is 14.4 Å². The quantitative estimate of drug-likeness (QED) is 0.523. The van der Waals surface area contributed by atoms with Crippen LogP contribution in [-0.4, -0.2) is 73.1 Å². The van der Waals surface area contributed by atoms with E-state index in [0.717, 1.165) is 30.6 Å². The van der Waals surface area contributed by atoms with Crippen molar-refractivity contribution in [3.8, 4) is 6.07 Å². The van der Waals surface area contributed by atoms with E-state index in [2.05, 4.69) is 21.4 Å². The molecule has 1 atom stereocenters. The SMILES string of the molecule is CN(Cc1cc2c(nc1C=O)N(C(=O)Nc1cc(C[C@H]3CCOC3)c(C#N)cn1)CCC2)C(=O)C1CCOCC1. The lowest BCUT2D eigenvalue weighted by Crippen LogP contribution is -2.40. The Morgan fingerprint density at radius 3 is 2.73 bits per heavy atom. The molecule has 11 nitrogen and oxygen atoms in total. The Hall–Kier alpha value is -3.88. The molecule has 3 aliphatic heterocycles. The van der Waals surface area contributed by atoms with Gasteiger partial charge in [-0.25, -0.2) is 14.8 Å². The highest BCUT2D eigenvalue weighted by Gasteiger charge is 2.29. The van der Waals surface area contributed by atoms with Crippen LogP contribution >= 0.6 is 0 Å². The zero-order chi connectivity index (χ0) is 28.1. The molecule has 40 heavy (non-hydrogen) atoms. The van der Waals surface area contributed by atoms with Gasteiger partial charge in [0.25, 0.3) is 0 Å². The maximum absolute atomic E-state index is 13.4. The molecule has 3 amide bonds. The van der Waals surface area contributed by atoms with E-state index in [1.54, 1.807) is 18.0 Å². The maximum Gasteiger partial charge on any atom is 0.328 e. The van der Waals surface area contributed by atoms with E-state index in [0.29, 0.717) is 87.0 Å². The van der Waals surface area contributed by atoms with Gasteiger partial charge in [-0.05, 0) is 67.7 Å². The van der Waals surface area contributed by atoms with Gasteiger partial charge in [0, 0.05) is 64.2 Å². The maximum atomic E-state index is 13.4. The molecule has 0 aromatic carbocycles. The van der Waals surface area contributed by atoms with Crippen molar-refractivity contribution in [3.63, 3.8) is 0 Å². The molecule has 0 spiro atoms. The third-order valence-electron chi connectivity index (χ3n) is 7.86. The number of nitriles is 1. The summed E-state index contributed by atoms with van der Waals surface area (Å²) in [6.45, 7) is 3.24. The van der Waals surface area contributed by atoms with E-state index in [-0.39, 0.29) is 24.1 Å². The van der Waals surface area contributed by atoms with Crippen LogP contribution in [0.1, 0.15) is 58.4 Å². The number of aryl methyl sites for hydroxylation is 1. The van der Waals surface area contributed by atoms with E-state index in [4.69, 9.17) is 9.47 Å². The first-order chi connectivity index (χ1) is 19.5. The van der Waals surface area contributed by atoms with Gasteiger partial charge in [0.15, 0.2) is 6.29 Å². The Kier molecular flexibility index (Phi) is 8.67. The molecule has 11 heteroatoms. The van der Waals surface area contributed by atoms with Crippen LogP contribution in [0.4, 0.5) is 16.4 Å². The summed E-state index contributed by atoms with van der Waals surface area (Å²) < 4.78 is 10.8. The first-order valence-corrected chi connectivity index (χ1v) is 13.8. The third kappa shape index (κ3) is 6.13. The van der Waals surface area contributed by atoms with Gasteiger partial charge in [0.05, 0.1) is 5.56 Å². The van der Waals surface area contributed by atoms with E-state index in [1.165, 1.54) is 11.1 Å². The summed E-state index contributed by atoms with van der Waals surface area (Å²) in [5.41, 5.74) is 3.03. The Labute approximate surface area is 233 Å². The fraction of sp³-hybridized carbons (Fsp3) is 0.517. The number of amides is 3. The van der Waals surface area contributed by atoms with E-state index in [9.17, 15) is 19.6 Å². The summed E-state index contributed by atoms with van der Waals surface area (Å²) in [5, 5.41) is 12.4. The molecule has 0 unspecified atom stereocenters. The normalized spacial score (nSPS) is 19.0. The number of aldehydes is 1. The molecule has 2 fully saturated rings. The van der Waals surface area contributed by atoms with Gasteiger partial charge in [0.1, 0.15) is 23.4 Å². The van der Waals surface area contributed by atoms with Crippen molar-refractivity contribution in [2.45, 2.75) is 45.1 Å². The zero-order valence-corrected chi connectivity index (χ0v) is 22.7. The Morgan fingerprint density at radius 2 is 2.00 bits per heavy atom. The second-order valence-corrected chi connectivity index (χ2v) is 10.7. The lowest BCUT2D eigenvalue weighted by atomic mass is 9.96. The van der Waals surface area contributed by atoms with Gasteiger partial charge in [-0.2, -0.15) is 5.26 Å². The molecule has 210 valence electrons. The highest BCUT2D eigenvalue weighted by molar-refractivity contribution is 6.01. The number of anilines is 2. The first-order valence-electron chi connectivity index (χ1n) is 13.8. The Balaban J connectivity index is 1.32. The molecule has 5 rings (SSSR count). The van der Waals surface area contributed by atoms with Gasteiger partial charge in [0.2, 0.25) is 5.91 Å². The molecule has 0 aliphatic carbocycles. The van der Waals surface area contributed by atoms with Crippen molar-refractivity contribution >= 4 is 29.9 Å². The van der Waals surface area contributed by atoms with Crippen molar-refractivity contribution in [3.05, 3.63) is 46.3 Å². The molecular weight excluding hydrogens is 512 g/mol. The second-order valence-electron chi connectivity index (χ2n) is 10.7. The summed E-state index contributed by atoms with van der Waals surface area (Å²) in [6.07, 6.45) is 6.60. The smallest absolute Gasteiger partial charge is 0.328 e. The predicted octanol–water partition coefficient (Wildman–Crippen LogP) is 3.11. The van der Waals surface area contributed by atoms with Crippen LogP contribution in [0.2, 0.25) is 0 Å². The Bertz CT molecular complexity index is 1310. The van der Waals surface area contributed by atoms with Gasteiger partial charge in [-0.1, -0.05) is 0 Å². The van der Waals surface area contributed by atoms with Crippen LogP contribution in [0.25, 0.3) is 0 Å². The summed E-state index contributed by atoms with van der Waals surface area (Å²) >= 11 is 0. The minimum absolute atomic E-state index is 0.0358. The number of urea groups is 1. The van der Waals surface area contributed by atoms with Crippen LogP contribution in [0.3, 0.4) is 0 Å². The van der Waals surface area contributed by atoms with Gasteiger partial charge >= 0.3 is 6.03 Å². The summed E-state index contributed by atoms with van der Waals surface area (Å²) in [6, 6.07) is 5.42. The number of nitrogens with zero attached hydrogens (tertiary/aromatic N) is 5. The van der Waals surface area contributed by atoms with Crippen molar-refractivity contribution in [2.75, 3.05) is 50.2 Å². The second kappa shape index (κ2) is 12.5. The third-order valence-corrected chi connectivity index (χ3v) is 7.86. The number of hydrogen-bond donors (Lipinski definition) is 1. The van der Waals surface area contributed by atoms with Crippen molar-refractivity contribution < 1.29 is 23.9 Å². The number of pyridine rings is 2. The molecule has 5 heterocycles. The van der Waals surface area contributed by atoms with Crippen LogP contribution in [0.5, 0.6) is 0 Å². The summed E-state index contributed by atoms with van der Waals surface area (Å²) in [4.78, 5) is 50.4. The number of carbonyl (C=O) groups excluding carboxylic acids is 3. The number of hydrogen-bond acceptors (Lipinski definition) is 8. The average molecular weight is 547 g/mol. The topological polar surface area (TPSA) is 138 Å². The van der Waals surface area contributed by atoms with Crippen molar-refractivity contribution in [1.29, 1.82) is 5.26 Å². The number of aromatic nitrogens is 2. The summed E-state index contributed by atoms with van der Waals surface area (Å²) in [7, 11) is 1.74. The van der Waals surface area contributed by atoms with Gasteiger partial charge in [-0.3, -0.25) is 19.8 Å². The van der Waals surface area contributed by atoms with Crippen molar-refractivity contribution in [2.24, 2.45) is 11.8 Å². The average Bonchev–Trinajstić information content (AvgIpc) is 3.49. The zero-order valence-electron chi connectivity index (χ0n) is 22.7. The van der Waals surface area contributed by atoms with Crippen LogP contribution in [-0.2, 0) is 33.7 Å². The molecule has 3 aliphatic rings. The van der Waals surface area contributed by atoms with Crippen LogP contribution in [0, 0.1) is 23.2 Å². The minimum Gasteiger partial charge on any atom is -0.381 e. The molecule has 2 saturated heterocycles. The largest absolute Gasteiger partial charge is 0.381 e. The fourth-order valence-electron chi connectivity index (χ4n) is 5.64. The van der Waals surface area contributed by atoms with E-state index in [1.807, 2.05) is 6.07 Å². The number of carbonyl (C=O) groups is 3. The molecule has 0 radical (unpaired) electrons. The van der Waals surface area contributed by atoms with E-state index >= 15 is 0 Å². The summed E-state index contributed by atoms with van der Waals surface area (Å²) in [5.74, 6) is 1.08. The lowest BCUT2D eigenvalue weighted by Gasteiger charge is -2.30. The monoisotopic (exact) mass is 546 g/mol. The lowest BCUT2D eigenvalue weighted by molar-refractivity contribution is -0.137. The number of nitrogens with one attached hydrogen (secondary N) is 1. The predicted molar refractivity (Wildman–Crippen MR) is 146 cm³/mol. The highest BCUT2D eigenvalue weighted by atomic mass is 16.5. The standard InChI is InChI=1S/C29H34N6O5/c1-34(28(37)20-5-9-39-10-6-20)16-23-12-21-3-2-7-35(27(21)32-25(23)17-36)29(38)33-26-13-22(24(14-30)15-31-26)11-19-4-8-40-18-19/h12-13,15,17,19-20H,2-11,16,18H2,1H3,(H,31,33,38)/t19-/m1/s1. The molecule has 2 aromatic heterocycles. The van der Waals surface area contributed by atoms with Crippen molar-refractivity contribution in [1.82, 2.24) is 14.9 Å². The highest BCUT2D eigenvalue weighted by Crippen LogP contribution is 2.29. The Morgan fingerprint density at radius 1 is 1.20 bits per heavy atom.